The molecule has 2 nitrogen and oxygen atoms in total. The van der Waals surface area contributed by atoms with E-state index in [9.17, 15) is 9.59 Å². The molecule has 0 N–H and O–H groups in total. The van der Waals surface area contributed by atoms with Gasteiger partial charge < -0.3 is 0 Å². The van der Waals surface area contributed by atoms with Crippen LogP contribution >= 0.6 is 11.3 Å². The number of carbonyl (C=O) groups excluding carboxylic acids is 2. The Bertz CT molecular complexity index is 825. The molecule has 0 radical (unpaired) electrons. The molecular formula is C17H10O2S. The first-order valence-corrected chi connectivity index (χ1v) is 7.29. The number of thiophene rings is 1. The first-order valence-electron chi connectivity index (χ1n) is 6.41. The van der Waals surface area contributed by atoms with Crippen molar-refractivity contribution in [2.75, 3.05) is 0 Å². The summed E-state index contributed by atoms with van der Waals surface area (Å²) in [5, 5.41) is 2.95. The standard InChI is InChI=1S/C17H10O2S/c18-16-11-6-1-2-7-12(11)17(19)15(16)13-9-20-14-8-4-3-5-10(13)14/h1-9,15H. The van der Waals surface area contributed by atoms with Gasteiger partial charge in [-0.25, -0.2) is 0 Å². The summed E-state index contributed by atoms with van der Waals surface area (Å²) >= 11 is 1.58. The zero-order valence-electron chi connectivity index (χ0n) is 10.5. The minimum absolute atomic E-state index is 0.0749. The average Bonchev–Trinajstić information content (AvgIpc) is 3.01. The number of carbonyl (C=O) groups is 2. The Kier molecular flexibility index (Phi) is 2.38. The maximum absolute atomic E-state index is 12.5. The molecule has 0 saturated heterocycles. The van der Waals surface area contributed by atoms with Gasteiger partial charge in [0.15, 0.2) is 11.6 Å². The third-order valence-corrected chi connectivity index (χ3v) is 4.79. The molecule has 1 aliphatic carbocycles. The lowest BCUT2D eigenvalue weighted by molar-refractivity contribution is 0.0891. The maximum atomic E-state index is 12.5. The van der Waals surface area contributed by atoms with Crippen LogP contribution in [-0.4, -0.2) is 11.6 Å². The van der Waals surface area contributed by atoms with Gasteiger partial charge in [0.25, 0.3) is 0 Å². The van der Waals surface area contributed by atoms with Crippen molar-refractivity contribution in [1.82, 2.24) is 0 Å². The van der Waals surface area contributed by atoms with E-state index in [1.54, 1.807) is 35.6 Å². The molecule has 0 atom stereocenters. The highest BCUT2D eigenvalue weighted by atomic mass is 32.1. The number of benzene rings is 2. The number of Topliss-reactive ketones (excluding diaryl/α,β-unsaturated/α-hetero) is 2. The Balaban J connectivity index is 1.93. The summed E-state index contributed by atoms with van der Waals surface area (Å²) in [4.78, 5) is 25.1. The van der Waals surface area contributed by atoms with Gasteiger partial charge in [-0.05, 0) is 22.4 Å². The number of ketones is 2. The van der Waals surface area contributed by atoms with Crippen LogP contribution < -0.4 is 0 Å². The van der Waals surface area contributed by atoms with E-state index >= 15 is 0 Å². The van der Waals surface area contributed by atoms with Gasteiger partial charge in [-0.2, -0.15) is 0 Å². The fourth-order valence-electron chi connectivity index (χ4n) is 2.85. The van der Waals surface area contributed by atoms with E-state index < -0.39 is 5.92 Å². The van der Waals surface area contributed by atoms with Crippen molar-refractivity contribution in [2.45, 2.75) is 5.92 Å². The molecule has 0 aliphatic heterocycles. The number of fused-ring (bicyclic) bond motifs is 2. The zero-order chi connectivity index (χ0) is 13.7. The van der Waals surface area contributed by atoms with Crippen LogP contribution in [0, 0.1) is 0 Å². The van der Waals surface area contributed by atoms with E-state index in [2.05, 4.69) is 0 Å². The van der Waals surface area contributed by atoms with Gasteiger partial charge in [0.2, 0.25) is 0 Å². The molecule has 0 saturated carbocycles. The Hall–Kier alpha value is -2.26. The van der Waals surface area contributed by atoms with Crippen LogP contribution in [0.15, 0.2) is 53.9 Å². The van der Waals surface area contributed by atoms with Gasteiger partial charge in [-0.1, -0.05) is 42.5 Å². The van der Waals surface area contributed by atoms with Crippen molar-refractivity contribution in [3.63, 3.8) is 0 Å². The van der Waals surface area contributed by atoms with Crippen molar-refractivity contribution in [1.29, 1.82) is 0 Å². The summed E-state index contributed by atoms with van der Waals surface area (Å²) in [5.41, 5.74) is 1.95. The highest BCUT2D eigenvalue weighted by molar-refractivity contribution is 7.17. The smallest absolute Gasteiger partial charge is 0.178 e. The second-order valence-electron chi connectivity index (χ2n) is 4.89. The lowest BCUT2D eigenvalue weighted by Gasteiger charge is -2.05. The Labute approximate surface area is 119 Å². The van der Waals surface area contributed by atoms with Gasteiger partial charge in [0.1, 0.15) is 5.92 Å². The average molecular weight is 278 g/mol. The van der Waals surface area contributed by atoms with Gasteiger partial charge in [-0.3, -0.25) is 9.59 Å². The van der Waals surface area contributed by atoms with E-state index in [0.29, 0.717) is 11.1 Å². The molecule has 96 valence electrons. The fraction of sp³-hybridized carbons (Fsp3) is 0.0588. The molecule has 0 unspecified atom stereocenters. The fourth-order valence-corrected chi connectivity index (χ4v) is 3.83. The predicted molar refractivity (Wildman–Crippen MR) is 79.7 cm³/mol. The van der Waals surface area contributed by atoms with Crippen LogP contribution in [-0.2, 0) is 0 Å². The first kappa shape index (κ1) is 11.6. The topological polar surface area (TPSA) is 34.1 Å². The highest BCUT2D eigenvalue weighted by Gasteiger charge is 2.40. The molecule has 4 rings (SSSR count). The molecule has 3 heteroatoms. The predicted octanol–water partition coefficient (Wildman–Crippen LogP) is 4.06. The lowest BCUT2D eigenvalue weighted by atomic mass is 9.94. The van der Waals surface area contributed by atoms with Crippen LogP contribution in [0.3, 0.4) is 0 Å². The third-order valence-electron chi connectivity index (χ3n) is 3.80. The summed E-state index contributed by atoms with van der Waals surface area (Å²) in [6.45, 7) is 0. The van der Waals surface area contributed by atoms with Gasteiger partial charge in [0.05, 0.1) is 0 Å². The second kappa shape index (κ2) is 4.12. The molecule has 3 aromatic rings. The lowest BCUT2D eigenvalue weighted by Crippen LogP contribution is -2.12. The Morgan fingerprint density at radius 1 is 0.800 bits per heavy atom. The summed E-state index contributed by atoms with van der Waals surface area (Å²) in [6.07, 6.45) is 0. The van der Waals surface area contributed by atoms with Crippen molar-refractivity contribution in [3.05, 3.63) is 70.6 Å². The number of hydrogen-bond donors (Lipinski definition) is 0. The van der Waals surface area contributed by atoms with Crippen LogP contribution in [0.25, 0.3) is 10.1 Å². The van der Waals surface area contributed by atoms with Gasteiger partial charge >= 0.3 is 0 Å². The molecular weight excluding hydrogens is 268 g/mol. The summed E-state index contributed by atoms with van der Waals surface area (Å²) < 4.78 is 1.11. The number of hydrogen-bond acceptors (Lipinski definition) is 3. The minimum Gasteiger partial charge on any atom is -0.293 e. The SMILES string of the molecule is O=C1c2ccccc2C(=O)C1c1csc2ccccc12. The third kappa shape index (κ3) is 1.44. The van der Waals surface area contributed by atoms with Crippen molar-refractivity contribution < 1.29 is 9.59 Å². The van der Waals surface area contributed by atoms with Crippen LogP contribution in [0.2, 0.25) is 0 Å². The molecule has 1 heterocycles. The largest absolute Gasteiger partial charge is 0.293 e. The number of rotatable bonds is 1. The summed E-state index contributed by atoms with van der Waals surface area (Å²) in [6, 6.07) is 15.0. The van der Waals surface area contributed by atoms with Crippen molar-refractivity contribution in [3.8, 4) is 0 Å². The Morgan fingerprint density at radius 3 is 2.10 bits per heavy atom. The molecule has 0 spiro atoms. The zero-order valence-corrected chi connectivity index (χ0v) is 11.3. The van der Waals surface area contributed by atoms with Gasteiger partial charge in [-0.15, -0.1) is 11.3 Å². The van der Waals surface area contributed by atoms with E-state index in [1.165, 1.54) is 0 Å². The quantitative estimate of drug-likeness (QED) is 0.629. The minimum atomic E-state index is -0.663. The second-order valence-corrected chi connectivity index (χ2v) is 5.81. The van der Waals surface area contributed by atoms with Crippen LogP contribution in [0.5, 0.6) is 0 Å². The molecule has 2 aromatic carbocycles. The Morgan fingerprint density at radius 2 is 1.40 bits per heavy atom. The molecule has 0 amide bonds. The molecule has 20 heavy (non-hydrogen) atoms. The van der Waals surface area contributed by atoms with Gasteiger partial charge in [0, 0.05) is 15.8 Å². The van der Waals surface area contributed by atoms with Crippen LogP contribution in [0.4, 0.5) is 0 Å². The summed E-state index contributed by atoms with van der Waals surface area (Å²) in [7, 11) is 0. The summed E-state index contributed by atoms with van der Waals surface area (Å²) in [5.74, 6) is -0.813. The molecule has 0 bridgehead atoms. The van der Waals surface area contributed by atoms with E-state index in [1.807, 2.05) is 29.6 Å². The van der Waals surface area contributed by atoms with Crippen LogP contribution in [0.1, 0.15) is 32.2 Å². The molecule has 1 aliphatic rings. The monoisotopic (exact) mass is 278 g/mol. The van der Waals surface area contributed by atoms with Crippen molar-refractivity contribution in [2.24, 2.45) is 0 Å². The van der Waals surface area contributed by atoms with E-state index in [4.69, 9.17) is 0 Å². The van der Waals surface area contributed by atoms with E-state index in [0.717, 1.165) is 15.6 Å². The molecule has 1 aromatic heterocycles. The van der Waals surface area contributed by atoms with Crippen molar-refractivity contribution >= 4 is 33.0 Å². The highest BCUT2D eigenvalue weighted by Crippen LogP contribution is 2.39. The normalized spacial score (nSPS) is 15.0. The first-order chi connectivity index (χ1) is 9.77. The maximum Gasteiger partial charge on any atom is 0.178 e. The van der Waals surface area contributed by atoms with E-state index in [-0.39, 0.29) is 11.6 Å². The molecule has 0 fully saturated rings.